The number of nitrogens with one attached hydrogen (secondary N) is 2. The molecule has 0 spiro atoms. The van der Waals surface area contributed by atoms with E-state index in [1.54, 1.807) is 6.92 Å². The molecule has 2 heterocycles. The summed E-state index contributed by atoms with van der Waals surface area (Å²) < 4.78 is 0. The van der Waals surface area contributed by atoms with Crippen molar-refractivity contribution in [3.8, 4) is 0 Å². The van der Waals surface area contributed by atoms with Crippen molar-refractivity contribution >= 4 is 11.7 Å². The first-order chi connectivity index (χ1) is 5.77. The van der Waals surface area contributed by atoms with Gasteiger partial charge in [0, 0.05) is 0 Å². The second-order valence-corrected chi connectivity index (χ2v) is 2.48. The van der Waals surface area contributed by atoms with E-state index in [-0.39, 0.29) is 11.9 Å². The van der Waals surface area contributed by atoms with Crippen molar-refractivity contribution in [2.24, 2.45) is 4.99 Å². The normalized spacial score (nSPS) is 22.2. The van der Waals surface area contributed by atoms with Gasteiger partial charge in [0.25, 0.3) is 0 Å². The molecule has 12 heavy (non-hydrogen) atoms. The molecule has 0 fully saturated rings. The van der Waals surface area contributed by atoms with Gasteiger partial charge in [-0.15, -0.1) is 0 Å². The predicted octanol–water partition coefficient (Wildman–Crippen LogP) is -0.930. The van der Waals surface area contributed by atoms with Gasteiger partial charge < -0.3 is 5.32 Å². The van der Waals surface area contributed by atoms with Crippen molar-refractivity contribution in [2.75, 3.05) is 0 Å². The van der Waals surface area contributed by atoms with Crippen LogP contribution in [0.4, 0.5) is 0 Å². The zero-order valence-corrected chi connectivity index (χ0v) is 6.40. The van der Waals surface area contributed by atoms with E-state index in [1.807, 2.05) is 0 Å². The second kappa shape index (κ2) is 2.40. The molecule has 1 aliphatic rings. The molecular formula is C6H7N5O. The molecule has 1 aromatic rings. The van der Waals surface area contributed by atoms with Crippen LogP contribution in [0.25, 0.3) is 0 Å². The van der Waals surface area contributed by atoms with Crippen molar-refractivity contribution in [3.05, 3.63) is 12.2 Å². The third kappa shape index (κ3) is 0.969. The number of carbonyl (C=O) groups excluding carboxylic acids is 1. The maximum Gasteiger partial charge on any atom is 0.250 e. The zero-order chi connectivity index (χ0) is 8.55. The van der Waals surface area contributed by atoms with E-state index in [4.69, 9.17) is 0 Å². The first kappa shape index (κ1) is 6.96. The lowest BCUT2D eigenvalue weighted by molar-refractivity contribution is -0.119. The second-order valence-electron chi connectivity index (χ2n) is 2.48. The van der Waals surface area contributed by atoms with Crippen molar-refractivity contribution in [3.63, 3.8) is 0 Å². The number of aliphatic imine (C=N–C) groups is 1. The average Bonchev–Trinajstić information content (AvgIpc) is 2.61. The van der Waals surface area contributed by atoms with E-state index < -0.39 is 0 Å². The topological polar surface area (TPSA) is 83.0 Å². The third-order valence-electron chi connectivity index (χ3n) is 1.58. The van der Waals surface area contributed by atoms with Crippen LogP contribution < -0.4 is 5.32 Å². The fraction of sp³-hybridized carbons (Fsp3) is 0.333. The van der Waals surface area contributed by atoms with Gasteiger partial charge in [0.1, 0.15) is 12.4 Å². The highest BCUT2D eigenvalue weighted by Gasteiger charge is 2.23. The van der Waals surface area contributed by atoms with Crippen LogP contribution in [0.15, 0.2) is 11.3 Å². The summed E-state index contributed by atoms with van der Waals surface area (Å²) in [6.45, 7) is 1.72. The monoisotopic (exact) mass is 165 g/mol. The maximum absolute atomic E-state index is 11.0. The zero-order valence-electron chi connectivity index (χ0n) is 6.40. The molecule has 6 nitrogen and oxygen atoms in total. The Bertz CT molecular complexity index is 328. The molecule has 0 saturated carbocycles. The molecule has 2 rings (SSSR count). The molecular weight excluding hydrogens is 158 g/mol. The lowest BCUT2D eigenvalue weighted by Gasteiger charge is -1.92. The fourth-order valence-electron chi connectivity index (χ4n) is 0.946. The van der Waals surface area contributed by atoms with Crippen LogP contribution in [0.3, 0.4) is 0 Å². The van der Waals surface area contributed by atoms with Crippen LogP contribution in [-0.4, -0.2) is 33.0 Å². The molecule has 1 atom stereocenters. The minimum atomic E-state index is -0.329. The highest BCUT2D eigenvalue weighted by molar-refractivity contribution is 6.11. The number of aromatic amines is 1. The molecule has 6 heteroatoms. The van der Waals surface area contributed by atoms with E-state index in [0.717, 1.165) is 0 Å². The number of H-pyrrole nitrogens is 1. The first-order valence-corrected chi connectivity index (χ1v) is 3.52. The van der Waals surface area contributed by atoms with Gasteiger partial charge >= 0.3 is 0 Å². The molecule has 0 aromatic carbocycles. The Kier molecular flexibility index (Phi) is 1.39. The fourth-order valence-corrected chi connectivity index (χ4v) is 0.946. The number of hydrogen-bond donors (Lipinski definition) is 2. The van der Waals surface area contributed by atoms with Crippen LogP contribution in [-0.2, 0) is 4.79 Å². The number of carbonyl (C=O) groups is 1. The SMILES string of the molecule is CC1N=C(c2ncn[nH]2)NC1=O. The highest BCUT2D eigenvalue weighted by Crippen LogP contribution is 2.02. The van der Waals surface area contributed by atoms with Gasteiger partial charge in [0.2, 0.25) is 5.91 Å². The van der Waals surface area contributed by atoms with Crippen LogP contribution in [0.2, 0.25) is 0 Å². The van der Waals surface area contributed by atoms with E-state index in [2.05, 4.69) is 25.5 Å². The highest BCUT2D eigenvalue weighted by atomic mass is 16.2. The number of rotatable bonds is 1. The van der Waals surface area contributed by atoms with E-state index >= 15 is 0 Å². The summed E-state index contributed by atoms with van der Waals surface area (Å²) >= 11 is 0. The van der Waals surface area contributed by atoms with Gasteiger partial charge in [-0.25, -0.2) is 4.98 Å². The average molecular weight is 165 g/mol. The minimum absolute atomic E-state index is 0.110. The summed E-state index contributed by atoms with van der Waals surface area (Å²) in [6.07, 6.45) is 1.37. The Morgan fingerprint density at radius 2 is 2.42 bits per heavy atom. The van der Waals surface area contributed by atoms with Gasteiger partial charge in [0.15, 0.2) is 11.7 Å². The summed E-state index contributed by atoms with van der Waals surface area (Å²) in [5, 5.41) is 8.85. The molecule has 1 unspecified atom stereocenters. The molecule has 0 aliphatic carbocycles. The van der Waals surface area contributed by atoms with Crippen molar-refractivity contribution in [1.82, 2.24) is 20.5 Å². The quantitative estimate of drug-likeness (QED) is 0.564. The van der Waals surface area contributed by atoms with E-state index in [1.165, 1.54) is 6.33 Å². The Morgan fingerprint density at radius 3 is 2.92 bits per heavy atom. The molecule has 1 amide bonds. The molecule has 1 aliphatic heterocycles. The summed E-state index contributed by atoms with van der Waals surface area (Å²) in [7, 11) is 0. The molecule has 2 N–H and O–H groups in total. The smallest absolute Gasteiger partial charge is 0.250 e. The van der Waals surface area contributed by atoms with Crippen molar-refractivity contribution < 1.29 is 4.79 Å². The number of nitrogens with zero attached hydrogens (tertiary/aromatic N) is 3. The van der Waals surface area contributed by atoms with E-state index in [0.29, 0.717) is 11.7 Å². The number of amides is 1. The van der Waals surface area contributed by atoms with Crippen LogP contribution in [0, 0.1) is 0 Å². The largest absolute Gasteiger partial charge is 0.306 e. The van der Waals surface area contributed by atoms with E-state index in [9.17, 15) is 4.79 Å². The summed E-state index contributed by atoms with van der Waals surface area (Å²) in [4.78, 5) is 18.9. The number of amidine groups is 1. The molecule has 0 saturated heterocycles. The molecule has 1 aromatic heterocycles. The lowest BCUT2D eigenvalue weighted by atomic mass is 10.4. The van der Waals surface area contributed by atoms with Crippen molar-refractivity contribution in [2.45, 2.75) is 13.0 Å². The summed E-state index contributed by atoms with van der Waals surface area (Å²) in [5.74, 6) is 0.846. The van der Waals surface area contributed by atoms with Gasteiger partial charge in [-0.05, 0) is 6.92 Å². The minimum Gasteiger partial charge on any atom is -0.306 e. The Labute approximate surface area is 68.1 Å². The summed E-state index contributed by atoms with van der Waals surface area (Å²) in [5.41, 5.74) is 0. The lowest BCUT2D eigenvalue weighted by Crippen LogP contribution is -2.28. The van der Waals surface area contributed by atoms with Gasteiger partial charge in [-0.3, -0.25) is 14.9 Å². The standard InChI is InChI=1S/C6H7N5O/c1-3-6(12)10-5(9-3)4-7-2-8-11-4/h2-3H,1H3,(H,7,8,11)(H,9,10,12). The van der Waals surface area contributed by atoms with Gasteiger partial charge in [-0.2, -0.15) is 5.10 Å². The third-order valence-corrected chi connectivity index (χ3v) is 1.58. The molecule has 0 radical (unpaired) electrons. The summed E-state index contributed by atoms with van der Waals surface area (Å²) in [6, 6.07) is -0.329. The van der Waals surface area contributed by atoms with Crippen LogP contribution in [0.5, 0.6) is 0 Å². The maximum atomic E-state index is 11.0. The van der Waals surface area contributed by atoms with Crippen LogP contribution >= 0.6 is 0 Å². The Morgan fingerprint density at radius 1 is 1.58 bits per heavy atom. The predicted molar refractivity (Wildman–Crippen MR) is 40.5 cm³/mol. The number of aromatic nitrogens is 3. The van der Waals surface area contributed by atoms with Crippen LogP contribution in [0.1, 0.15) is 12.7 Å². The first-order valence-electron chi connectivity index (χ1n) is 3.52. The Balaban J connectivity index is 2.28. The molecule has 62 valence electrons. The molecule has 0 bridgehead atoms. The van der Waals surface area contributed by atoms with Crippen molar-refractivity contribution in [1.29, 1.82) is 0 Å². The Hall–Kier alpha value is -1.72. The van der Waals surface area contributed by atoms with Gasteiger partial charge in [0.05, 0.1) is 0 Å². The number of hydrogen-bond acceptors (Lipinski definition) is 4. The van der Waals surface area contributed by atoms with Gasteiger partial charge in [-0.1, -0.05) is 0 Å².